The van der Waals surface area contributed by atoms with Gasteiger partial charge in [-0.1, -0.05) is 12.1 Å². The molecule has 0 saturated carbocycles. The number of nitrogens with one attached hydrogen (secondary N) is 1. The second kappa shape index (κ2) is 8.36. The van der Waals surface area contributed by atoms with Crippen LogP contribution in [0.3, 0.4) is 0 Å². The number of aromatic nitrogens is 2. The molecule has 9 heteroatoms. The topological polar surface area (TPSA) is 50.2 Å². The van der Waals surface area contributed by atoms with E-state index in [1.807, 2.05) is 0 Å². The summed E-state index contributed by atoms with van der Waals surface area (Å²) in [6.07, 6.45) is -1.99. The van der Waals surface area contributed by atoms with Crippen LogP contribution in [0.4, 0.5) is 13.2 Å². The van der Waals surface area contributed by atoms with Gasteiger partial charge >= 0.3 is 6.18 Å². The minimum Gasteiger partial charge on any atom is -0.339 e. The molecule has 2 saturated heterocycles. The van der Waals surface area contributed by atoms with Crippen molar-refractivity contribution in [2.45, 2.75) is 25.9 Å². The summed E-state index contributed by atoms with van der Waals surface area (Å²) in [4.78, 5) is 14.6. The van der Waals surface area contributed by atoms with Gasteiger partial charge in [0, 0.05) is 13.1 Å². The maximum atomic E-state index is 13.9. The molecule has 5 nitrogen and oxygen atoms in total. The Kier molecular flexibility index (Phi) is 6.24. The molecule has 1 aromatic heterocycles. The van der Waals surface area contributed by atoms with Crippen molar-refractivity contribution in [3.05, 3.63) is 47.3 Å². The number of halogens is 4. The summed E-state index contributed by atoms with van der Waals surface area (Å²) in [5, 5.41) is 7.29. The van der Waals surface area contributed by atoms with Gasteiger partial charge in [-0.15, -0.1) is 12.4 Å². The minimum absolute atomic E-state index is 0. The van der Waals surface area contributed by atoms with Crippen molar-refractivity contribution in [1.82, 2.24) is 20.0 Å². The Labute approximate surface area is 173 Å². The zero-order chi connectivity index (χ0) is 19.9. The molecule has 0 radical (unpaired) electrons. The van der Waals surface area contributed by atoms with E-state index >= 15 is 0 Å². The summed E-state index contributed by atoms with van der Waals surface area (Å²) in [6.45, 7) is 4.61. The molecule has 0 unspecified atom stereocenters. The number of alkyl halides is 3. The second-order valence-electron chi connectivity index (χ2n) is 7.70. The van der Waals surface area contributed by atoms with Gasteiger partial charge in [0.1, 0.15) is 0 Å². The number of likely N-dealkylation sites (tertiary alicyclic amines) is 1. The number of carbonyl (C=O) groups excluding carboxylic acids is 1. The summed E-state index contributed by atoms with van der Waals surface area (Å²) < 4.78 is 42.5. The quantitative estimate of drug-likeness (QED) is 0.793. The van der Waals surface area contributed by atoms with Crippen LogP contribution in [0, 0.1) is 18.8 Å². The first kappa shape index (κ1) is 21.6. The normalized spacial score (nSPS) is 22.0. The van der Waals surface area contributed by atoms with Crippen LogP contribution in [-0.4, -0.2) is 46.8 Å². The Morgan fingerprint density at radius 3 is 2.41 bits per heavy atom. The molecule has 158 valence electrons. The van der Waals surface area contributed by atoms with Crippen molar-refractivity contribution in [2.75, 3.05) is 26.2 Å². The van der Waals surface area contributed by atoms with Crippen molar-refractivity contribution in [3.63, 3.8) is 0 Å². The third kappa shape index (κ3) is 4.28. The van der Waals surface area contributed by atoms with Gasteiger partial charge in [0.2, 0.25) is 0 Å². The van der Waals surface area contributed by atoms with Crippen LogP contribution in [0.25, 0.3) is 5.69 Å². The standard InChI is InChI=1S/C20H23F3N4O.ClH/c1-13-3-2-4-16(9-13)27-18(20(21,22)23)17(12-25-27)19(28)26-7-5-14-10-24-11-15(14)6-8-26;/h2-4,9,12,14-15,24H,5-8,10-11H2,1H3;1H/t14-,15+;. The van der Waals surface area contributed by atoms with Crippen LogP contribution >= 0.6 is 12.4 Å². The molecule has 29 heavy (non-hydrogen) atoms. The van der Waals surface area contributed by atoms with E-state index in [-0.39, 0.29) is 18.0 Å². The zero-order valence-electron chi connectivity index (χ0n) is 16.1. The molecule has 1 aromatic carbocycles. The minimum atomic E-state index is -4.68. The summed E-state index contributed by atoms with van der Waals surface area (Å²) >= 11 is 0. The Hall–Kier alpha value is -2.06. The number of carbonyl (C=O) groups is 1. The average Bonchev–Trinajstić information content (AvgIpc) is 3.24. The van der Waals surface area contributed by atoms with Gasteiger partial charge in [0.25, 0.3) is 5.91 Å². The van der Waals surface area contributed by atoms with Crippen molar-refractivity contribution in [1.29, 1.82) is 0 Å². The molecule has 0 bridgehead atoms. The van der Waals surface area contributed by atoms with E-state index in [9.17, 15) is 18.0 Å². The van der Waals surface area contributed by atoms with Crippen molar-refractivity contribution in [3.8, 4) is 5.69 Å². The van der Waals surface area contributed by atoms with Gasteiger partial charge in [0.15, 0.2) is 5.69 Å². The summed E-state index contributed by atoms with van der Waals surface area (Å²) in [5.41, 5.74) is -0.266. The van der Waals surface area contributed by atoms with Gasteiger partial charge in [-0.2, -0.15) is 18.3 Å². The van der Waals surface area contributed by atoms with E-state index in [0.29, 0.717) is 30.6 Å². The molecular formula is C20H24ClF3N4O. The number of rotatable bonds is 2. The van der Waals surface area contributed by atoms with Gasteiger partial charge in [-0.25, -0.2) is 4.68 Å². The fourth-order valence-corrected chi connectivity index (χ4v) is 4.32. The van der Waals surface area contributed by atoms with Crippen molar-refractivity contribution >= 4 is 18.3 Å². The Morgan fingerprint density at radius 2 is 1.83 bits per heavy atom. The lowest BCUT2D eigenvalue weighted by atomic mass is 9.92. The number of hydrogen-bond donors (Lipinski definition) is 1. The lowest BCUT2D eigenvalue weighted by Crippen LogP contribution is -2.34. The zero-order valence-corrected chi connectivity index (χ0v) is 16.9. The molecule has 2 aromatic rings. The largest absolute Gasteiger partial charge is 0.434 e. The number of benzene rings is 1. The number of amides is 1. The SMILES string of the molecule is Cc1cccc(-n2ncc(C(=O)N3CC[C@@H]4CNC[C@@H]4CC3)c2C(F)(F)F)c1.Cl. The molecule has 2 fully saturated rings. The third-order valence-electron chi connectivity index (χ3n) is 5.82. The smallest absolute Gasteiger partial charge is 0.339 e. The van der Waals surface area contributed by atoms with Crippen LogP contribution in [0.15, 0.2) is 30.5 Å². The molecule has 4 rings (SSSR count). The van der Waals surface area contributed by atoms with E-state index < -0.39 is 17.8 Å². The van der Waals surface area contributed by atoms with E-state index in [4.69, 9.17) is 0 Å². The van der Waals surface area contributed by atoms with Crippen molar-refractivity contribution in [2.24, 2.45) is 11.8 Å². The highest BCUT2D eigenvalue weighted by molar-refractivity contribution is 5.95. The summed E-state index contributed by atoms with van der Waals surface area (Å²) in [6, 6.07) is 6.66. The average molecular weight is 429 g/mol. The molecule has 0 aliphatic carbocycles. The first-order valence-corrected chi connectivity index (χ1v) is 9.57. The highest BCUT2D eigenvalue weighted by Crippen LogP contribution is 2.35. The second-order valence-corrected chi connectivity index (χ2v) is 7.70. The first-order chi connectivity index (χ1) is 13.3. The number of aryl methyl sites for hydroxylation is 1. The molecule has 2 aliphatic rings. The predicted octanol–water partition coefficient (Wildman–Crippen LogP) is 3.69. The van der Waals surface area contributed by atoms with E-state index in [2.05, 4.69) is 10.4 Å². The third-order valence-corrected chi connectivity index (χ3v) is 5.82. The summed E-state index contributed by atoms with van der Waals surface area (Å²) in [7, 11) is 0. The Bertz CT molecular complexity index is 869. The fraction of sp³-hybridized carbons (Fsp3) is 0.500. The highest BCUT2D eigenvalue weighted by atomic mass is 35.5. The molecule has 2 aliphatic heterocycles. The van der Waals surface area contributed by atoms with Crippen molar-refractivity contribution < 1.29 is 18.0 Å². The monoisotopic (exact) mass is 428 g/mol. The van der Waals surface area contributed by atoms with Crippen LogP contribution in [0.2, 0.25) is 0 Å². The number of fused-ring (bicyclic) bond motifs is 1. The molecule has 1 amide bonds. The van der Waals surface area contributed by atoms with Gasteiger partial charge in [0.05, 0.1) is 17.4 Å². The first-order valence-electron chi connectivity index (χ1n) is 9.57. The Balaban J connectivity index is 0.00000240. The number of hydrogen-bond acceptors (Lipinski definition) is 3. The van der Waals surface area contributed by atoms with Crippen LogP contribution in [0.1, 0.15) is 34.5 Å². The fourth-order valence-electron chi connectivity index (χ4n) is 4.32. The van der Waals surface area contributed by atoms with E-state index in [0.717, 1.165) is 42.4 Å². The molecule has 0 spiro atoms. The summed E-state index contributed by atoms with van der Waals surface area (Å²) in [5.74, 6) is 0.406. The maximum Gasteiger partial charge on any atom is 0.434 e. The molecule has 3 heterocycles. The molecular weight excluding hydrogens is 405 g/mol. The van der Waals surface area contributed by atoms with Crippen LogP contribution in [-0.2, 0) is 6.18 Å². The predicted molar refractivity (Wildman–Crippen MR) is 106 cm³/mol. The highest BCUT2D eigenvalue weighted by Gasteiger charge is 2.42. The van der Waals surface area contributed by atoms with Gasteiger partial charge < -0.3 is 10.2 Å². The maximum absolute atomic E-state index is 13.9. The van der Waals surface area contributed by atoms with E-state index in [1.165, 1.54) is 0 Å². The van der Waals surface area contributed by atoms with Gasteiger partial charge in [-0.3, -0.25) is 4.79 Å². The number of nitrogens with zero attached hydrogens (tertiary/aromatic N) is 3. The molecule has 1 N–H and O–H groups in total. The Morgan fingerprint density at radius 1 is 1.17 bits per heavy atom. The van der Waals surface area contributed by atoms with Crippen LogP contribution < -0.4 is 5.32 Å². The lowest BCUT2D eigenvalue weighted by Gasteiger charge is -2.21. The van der Waals surface area contributed by atoms with E-state index in [1.54, 1.807) is 36.1 Å². The molecule has 2 atom stereocenters. The van der Waals surface area contributed by atoms with Gasteiger partial charge in [-0.05, 0) is 62.4 Å². The van der Waals surface area contributed by atoms with Crippen LogP contribution in [0.5, 0.6) is 0 Å². The lowest BCUT2D eigenvalue weighted by molar-refractivity contribution is -0.143.